The van der Waals surface area contributed by atoms with Crippen LogP contribution in [0.1, 0.15) is 81.3 Å². The Balaban J connectivity index is 0.000000252. The standard InChI is InChI=1S/C33H33.C15H14.C5H5.2ClH.Zr/c1-32(2,3)30-15-11-10-14-27(30)29-20-25-19-24-18-23(22-12-8-7-9-13-22)16-17-26(24)28(25)21-31(29)33(4,5)6;1-12-3-7-14(8-4-12)11-15-9-5-13(2)6-10-15;1-2-4-5-3-1;;;/h7-21H,1-6H3;3-10H,1-2H3;1-3H,4H2;2*1H;/q-1;;-1;;;+2/p-2. The van der Waals surface area contributed by atoms with E-state index in [0.717, 1.165) is 6.42 Å². The molecule has 0 atom stereocenters. The Labute approximate surface area is 363 Å². The summed E-state index contributed by atoms with van der Waals surface area (Å²) in [6.07, 6.45) is 10.0. The normalized spacial score (nSPS) is 11.9. The third-order valence-corrected chi connectivity index (χ3v) is 11.5. The summed E-state index contributed by atoms with van der Waals surface area (Å²) in [7, 11) is 0. The quantitative estimate of drug-likeness (QED) is 0.156. The van der Waals surface area contributed by atoms with E-state index in [2.05, 4.69) is 207 Å². The molecule has 0 saturated carbocycles. The monoisotopic (exact) mass is 848 g/mol. The second-order valence-electron chi connectivity index (χ2n) is 16.5. The average molecular weight is 851 g/mol. The number of fused-ring (bicyclic) bond motifs is 3. The molecule has 0 nitrogen and oxygen atoms in total. The molecular formula is C53H52Cl2Zr-2. The molecule has 0 heterocycles. The molecule has 7 aromatic carbocycles. The first-order valence-corrected chi connectivity index (χ1v) is 20.3. The second-order valence-corrected chi connectivity index (χ2v) is 17.7. The third kappa shape index (κ3) is 10.9. The Bertz CT molecular complexity index is 2370. The van der Waals surface area contributed by atoms with Gasteiger partial charge in [-0.1, -0.05) is 120 Å². The SMILES string of the molecule is CC(C)(C)c1ccccc1-c1cc2[cH-]c3cc(-c4ccccc4)ccc3c2cc1C(C)(C)C.Cc1ccc([C](=[Zr+2])c2ccc(C)cc2)cc1.[C-]1=CC=CC1.[Cl-].[Cl-]. The van der Waals surface area contributed by atoms with Gasteiger partial charge in [-0.25, -0.2) is 12.2 Å². The van der Waals surface area contributed by atoms with Crippen LogP contribution >= 0.6 is 0 Å². The zero-order chi connectivity index (χ0) is 38.5. The molecule has 0 unspecified atom stereocenters. The predicted octanol–water partition coefficient (Wildman–Crippen LogP) is 8.37. The summed E-state index contributed by atoms with van der Waals surface area (Å²) in [4.78, 5) is 0. The maximum absolute atomic E-state index is 2.99. The van der Waals surface area contributed by atoms with Crippen molar-refractivity contribution in [2.45, 2.75) is 72.6 Å². The smallest absolute Gasteiger partial charge is 0.109 e. The van der Waals surface area contributed by atoms with Crippen molar-refractivity contribution >= 4 is 24.8 Å². The molecule has 0 aromatic heterocycles. The van der Waals surface area contributed by atoms with Gasteiger partial charge in [0.15, 0.2) is 0 Å². The van der Waals surface area contributed by atoms with E-state index in [4.69, 9.17) is 0 Å². The number of aryl methyl sites for hydroxylation is 2. The molecule has 0 fully saturated rings. The van der Waals surface area contributed by atoms with Gasteiger partial charge in [0.25, 0.3) is 0 Å². The van der Waals surface area contributed by atoms with Gasteiger partial charge in [-0.15, -0.1) is 46.2 Å². The van der Waals surface area contributed by atoms with Gasteiger partial charge in [-0.05, 0) is 38.6 Å². The van der Waals surface area contributed by atoms with E-state index in [0.29, 0.717) is 0 Å². The van der Waals surface area contributed by atoms with Crippen molar-refractivity contribution in [1.82, 2.24) is 0 Å². The maximum atomic E-state index is 2.99. The zero-order valence-corrected chi connectivity index (χ0v) is 37.9. The number of rotatable bonds is 4. The summed E-state index contributed by atoms with van der Waals surface area (Å²) in [5.41, 5.74) is 13.5. The van der Waals surface area contributed by atoms with Crippen LogP contribution in [0.3, 0.4) is 0 Å². The largest absolute Gasteiger partial charge is 1.00 e. The molecule has 1 aliphatic rings. The minimum absolute atomic E-state index is 0. The molecule has 0 N–H and O–H groups in total. The number of hydrogen-bond donors (Lipinski definition) is 0. The first kappa shape index (κ1) is 44.7. The van der Waals surface area contributed by atoms with E-state index in [1.54, 1.807) is 0 Å². The molecule has 284 valence electrons. The Morgan fingerprint density at radius 3 is 1.62 bits per heavy atom. The Morgan fingerprint density at radius 1 is 0.554 bits per heavy atom. The molecule has 0 aliphatic heterocycles. The number of benzene rings is 6. The van der Waals surface area contributed by atoms with Crippen LogP contribution < -0.4 is 24.8 Å². The molecule has 8 rings (SSSR count). The van der Waals surface area contributed by atoms with Gasteiger partial charge in [0, 0.05) is 0 Å². The molecule has 0 amide bonds. The van der Waals surface area contributed by atoms with Gasteiger partial charge < -0.3 is 24.8 Å². The van der Waals surface area contributed by atoms with Gasteiger partial charge in [0.2, 0.25) is 0 Å². The van der Waals surface area contributed by atoms with Crippen molar-refractivity contribution in [3.63, 3.8) is 0 Å². The minimum Gasteiger partial charge on any atom is -1.00 e. The summed E-state index contributed by atoms with van der Waals surface area (Å²) in [5.74, 6) is 0. The van der Waals surface area contributed by atoms with Crippen molar-refractivity contribution in [2.24, 2.45) is 0 Å². The summed E-state index contributed by atoms with van der Waals surface area (Å²) in [5, 5.41) is 5.33. The van der Waals surface area contributed by atoms with Gasteiger partial charge >= 0.3 is 112 Å². The molecule has 0 radical (unpaired) electrons. The van der Waals surface area contributed by atoms with Crippen LogP contribution in [0.5, 0.6) is 0 Å². The Hall–Kier alpha value is -4.00. The van der Waals surface area contributed by atoms with E-state index < -0.39 is 0 Å². The van der Waals surface area contributed by atoms with Gasteiger partial charge in [0.05, 0.1) is 0 Å². The fraction of sp³-hybridized carbons (Fsp3) is 0.208. The van der Waals surface area contributed by atoms with E-state index in [9.17, 15) is 0 Å². The molecule has 56 heavy (non-hydrogen) atoms. The molecule has 0 bridgehead atoms. The van der Waals surface area contributed by atoms with Gasteiger partial charge in [0.1, 0.15) is 0 Å². The maximum Gasteiger partial charge on any atom is -0.109 e. The fourth-order valence-electron chi connectivity index (χ4n) is 7.04. The number of halogens is 2. The molecule has 3 heteroatoms. The van der Waals surface area contributed by atoms with Crippen LogP contribution in [-0.2, 0) is 35.1 Å². The topological polar surface area (TPSA) is 0 Å². The summed E-state index contributed by atoms with van der Waals surface area (Å²) in [6.45, 7) is 18.2. The van der Waals surface area contributed by atoms with Crippen LogP contribution in [0.15, 0.2) is 158 Å². The minimum atomic E-state index is 0. The van der Waals surface area contributed by atoms with Crippen LogP contribution in [0.25, 0.3) is 43.8 Å². The van der Waals surface area contributed by atoms with Crippen LogP contribution in [0.2, 0.25) is 0 Å². The average Bonchev–Trinajstić information content (AvgIpc) is 3.87. The van der Waals surface area contributed by atoms with E-state index in [-0.39, 0.29) is 35.6 Å². The molecule has 0 saturated heterocycles. The number of allylic oxidation sites excluding steroid dienone is 4. The summed E-state index contributed by atoms with van der Waals surface area (Å²) < 4.78 is 1.42. The molecule has 0 spiro atoms. The Kier molecular flexibility index (Phi) is 15.5. The Morgan fingerprint density at radius 2 is 1.11 bits per heavy atom. The van der Waals surface area contributed by atoms with Crippen LogP contribution in [0.4, 0.5) is 0 Å². The summed E-state index contributed by atoms with van der Waals surface area (Å²) in [6, 6.07) is 51.3. The van der Waals surface area contributed by atoms with Crippen molar-refractivity contribution < 1.29 is 49.0 Å². The zero-order valence-electron chi connectivity index (χ0n) is 34.0. The van der Waals surface area contributed by atoms with E-state index in [1.165, 1.54) is 105 Å². The second kappa shape index (κ2) is 19.4. The van der Waals surface area contributed by atoms with Crippen molar-refractivity contribution in [2.75, 3.05) is 0 Å². The van der Waals surface area contributed by atoms with Crippen LogP contribution in [0, 0.1) is 19.9 Å². The van der Waals surface area contributed by atoms with Gasteiger partial charge in [-0.2, -0.15) is 6.08 Å². The van der Waals surface area contributed by atoms with Crippen molar-refractivity contribution in [3.05, 3.63) is 197 Å². The van der Waals surface area contributed by atoms with Crippen LogP contribution in [-0.4, -0.2) is 3.21 Å². The van der Waals surface area contributed by atoms with E-state index in [1.807, 2.05) is 12.2 Å². The van der Waals surface area contributed by atoms with Gasteiger partial charge in [-0.3, -0.25) is 6.08 Å². The summed E-state index contributed by atoms with van der Waals surface area (Å²) >= 11 is 1.46. The first-order chi connectivity index (χ1) is 25.8. The molecule has 7 aromatic rings. The third-order valence-electron chi connectivity index (χ3n) is 10.0. The van der Waals surface area contributed by atoms with Crippen molar-refractivity contribution in [3.8, 4) is 22.3 Å². The first-order valence-electron chi connectivity index (χ1n) is 19.1. The van der Waals surface area contributed by atoms with Crippen molar-refractivity contribution in [1.29, 1.82) is 0 Å². The molecule has 1 aliphatic carbocycles. The molecular weight excluding hydrogens is 799 g/mol. The fourth-order valence-corrected chi connectivity index (χ4v) is 7.86. The van der Waals surface area contributed by atoms with E-state index >= 15 is 0 Å². The number of hydrogen-bond acceptors (Lipinski definition) is 0. The predicted molar refractivity (Wildman–Crippen MR) is 232 cm³/mol.